The molecule has 0 saturated carbocycles. The lowest BCUT2D eigenvalue weighted by atomic mass is 10.1. The Morgan fingerprint density at radius 3 is 2.25 bits per heavy atom. The summed E-state index contributed by atoms with van der Waals surface area (Å²) in [4.78, 5) is 25.8. The quantitative estimate of drug-likeness (QED) is 0.489. The van der Waals surface area contributed by atoms with Crippen LogP contribution in [0.25, 0.3) is 10.9 Å². The summed E-state index contributed by atoms with van der Waals surface area (Å²) in [5.74, 6) is -0.379. The fourth-order valence-electron chi connectivity index (χ4n) is 3.61. The average Bonchev–Trinajstić information content (AvgIpc) is 3.15. The Balaban J connectivity index is 1.56. The molecule has 2 aromatic carbocycles. The number of fused-ring (bicyclic) bond motifs is 1. The monoisotopic (exact) mass is 449 g/mol. The number of aryl methyl sites for hydroxylation is 1. The van der Waals surface area contributed by atoms with Crippen LogP contribution >= 0.6 is 0 Å². The van der Waals surface area contributed by atoms with Gasteiger partial charge in [-0.05, 0) is 54.4 Å². The SMILES string of the molecule is Cc1ccccc1Cn1ccc2ccn(CC(=O)Nc3ccc(S(C)(=O)=O)cc3)c(=O)c21. The summed E-state index contributed by atoms with van der Waals surface area (Å²) in [6.07, 6.45) is 4.61. The molecule has 0 aliphatic carbocycles. The molecule has 0 unspecified atom stereocenters. The van der Waals surface area contributed by atoms with Gasteiger partial charge in [-0.2, -0.15) is 0 Å². The first-order valence-corrected chi connectivity index (χ1v) is 11.9. The minimum Gasteiger partial charge on any atom is -0.339 e. The van der Waals surface area contributed by atoms with Gasteiger partial charge >= 0.3 is 0 Å². The number of hydrogen-bond acceptors (Lipinski definition) is 4. The van der Waals surface area contributed by atoms with Crippen LogP contribution in [0.1, 0.15) is 11.1 Å². The number of amides is 1. The van der Waals surface area contributed by atoms with Crippen molar-refractivity contribution in [2.75, 3.05) is 11.6 Å². The first kappa shape index (κ1) is 21.6. The molecule has 4 aromatic rings. The maximum absolute atomic E-state index is 13.1. The van der Waals surface area contributed by atoms with Gasteiger partial charge in [0, 0.05) is 36.3 Å². The Morgan fingerprint density at radius 1 is 0.938 bits per heavy atom. The van der Waals surface area contributed by atoms with Crippen LogP contribution in [0.5, 0.6) is 0 Å². The molecule has 7 nitrogen and oxygen atoms in total. The molecule has 0 spiro atoms. The molecule has 4 rings (SSSR count). The van der Waals surface area contributed by atoms with E-state index in [9.17, 15) is 18.0 Å². The molecule has 0 atom stereocenters. The Labute approximate surface area is 185 Å². The summed E-state index contributed by atoms with van der Waals surface area (Å²) in [6, 6.07) is 17.6. The highest BCUT2D eigenvalue weighted by molar-refractivity contribution is 7.90. The zero-order valence-electron chi connectivity index (χ0n) is 17.8. The lowest BCUT2D eigenvalue weighted by Crippen LogP contribution is -2.28. The molecule has 0 aliphatic rings. The standard InChI is InChI=1S/C24H23N3O4S/c1-17-5-3-4-6-19(17)15-26-13-11-18-12-14-27(24(29)23(18)26)16-22(28)25-20-7-9-21(10-8-20)32(2,30)31/h3-14H,15-16H2,1-2H3,(H,25,28). The van der Waals surface area contributed by atoms with Crippen LogP contribution in [0.4, 0.5) is 5.69 Å². The minimum atomic E-state index is -3.31. The molecule has 1 N–H and O–H groups in total. The van der Waals surface area contributed by atoms with Crippen LogP contribution in [0.3, 0.4) is 0 Å². The van der Waals surface area contributed by atoms with Crippen molar-refractivity contribution in [1.29, 1.82) is 0 Å². The van der Waals surface area contributed by atoms with Crippen molar-refractivity contribution in [2.24, 2.45) is 0 Å². The van der Waals surface area contributed by atoms with E-state index in [-0.39, 0.29) is 22.9 Å². The predicted octanol–water partition coefficient (Wildman–Crippen LogP) is 3.20. The maximum Gasteiger partial charge on any atom is 0.275 e. The number of carbonyl (C=O) groups excluding carboxylic acids is 1. The van der Waals surface area contributed by atoms with E-state index in [1.54, 1.807) is 6.20 Å². The summed E-state index contributed by atoms with van der Waals surface area (Å²) < 4.78 is 26.4. The second-order valence-corrected chi connectivity index (χ2v) is 9.78. The van der Waals surface area contributed by atoms with E-state index in [4.69, 9.17) is 0 Å². The number of nitrogens with zero attached hydrogens (tertiary/aromatic N) is 2. The molecule has 164 valence electrons. The van der Waals surface area contributed by atoms with Gasteiger partial charge in [0.2, 0.25) is 5.91 Å². The molecule has 0 radical (unpaired) electrons. The van der Waals surface area contributed by atoms with Crippen LogP contribution in [-0.4, -0.2) is 29.7 Å². The number of pyridine rings is 1. The van der Waals surface area contributed by atoms with Gasteiger partial charge in [-0.15, -0.1) is 0 Å². The molecule has 2 heterocycles. The second kappa shape index (κ2) is 8.47. The molecule has 8 heteroatoms. The van der Waals surface area contributed by atoms with E-state index >= 15 is 0 Å². The second-order valence-electron chi connectivity index (χ2n) is 7.77. The first-order chi connectivity index (χ1) is 15.2. The van der Waals surface area contributed by atoms with Gasteiger partial charge in [-0.3, -0.25) is 9.59 Å². The van der Waals surface area contributed by atoms with Crippen molar-refractivity contribution in [2.45, 2.75) is 24.9 Å². The van der Waals surface area contributed by atoms with Crippen LogP contribution in [-0.2, 0) is 27.7 Å². The Morgan fingerprint density at radius 2 is 1.59 bits per heavy atom. The van der Waals surface area contributed by atoms with Gasteiger partial charge in [0.05, 0.1) is 4.90 Å². The number of nitrogens with one attached hydrogen (secondary N) is 1. The van der Waals surface area contributed by atoms with Crippen LogP contribution in [0.15, 0.2) is 82.7 Å². The third-order valence-electron chi connectivity index (χ3n) is 5.37. The number of aromatic nitrogens is 2. The normalized spacial score (nSPS) is 11.6. The molecular formula is C24H23N3O4S. The topological polar surface area (TPSA) is 90.2 Å². The van der Waals surface area contributed by atoms with E-state index < -0.39 is 9.84 Å². The van der Waals surface area contributed by atoms with Crippen molar-refractivity contribution >= 4 is 32.3 Å². The van der Waals surface area contributed by atoms with Crippen LogP contribution < -0.4 is 10.9 Å². The van der Waals surface area contributed by atoms with Gasteiger partial charge in [-0.1, -0.05) is 24.3 Å². The number of carbonyl (C=O) groups is 1. The fourth-order valence-corrected chi connectivity index (χ4v) is 4.24. The zero-order valence-corrected chi connectivity index (χ0v) is 18.6. The third kappa shape index (κ3) is 4.50. The Hall–Kier alpha value is -3.65. The molecule has 0 bridgehead atoms. The largest absolute Gasteiger partial charge is 0.339 e. The summed E-state index contributed by atoms with van der Waals surface area (Å²) in [7, 11) is -3.31. The van der Waals surface area contributed by atoms with Crippen molar-refractivity contribution in [1.82, 2.24) is 9.13 Å². The molecule has 2 aromatic heterocycles. The van der Waals surface area contributed by atoms with Crippen molar-refractivity contribution < 1.29 is 13.2 Å². The predicted molar refractivity (Wildman–Crippen MR) is 125 cm³/mol. The number of sulfone groups is 1. The van der Waals surface area contributed by atoms with Crippen molar-refractivity contribution in [3.8, 4) is 0 Å². The summed E-state index contributed by atoms with van der Waals surface area (Å²) in [5, 5.41) is 3.52. The summed E-state index contributed by atoms with van der Waals surface area (Å²) in [5.41, 5.74) is 3.02. The number of hydrogen-bond donors (Lipinski definition) is 1. The Bertz CT molecular complexity index is 1470. The average molecular weight is 450 g/mol. The highest BCUT2D eigenvalue weighted by Crippen LogP contribution is 2.16. The lowest BCUT2D eigenvalue weighted by molar-refractivity contribution is -0.116. The van der Waals surface area contributed by atoms with Gasteiger partial charge in [0.1, 0.15) is 12.1 Å². The molecule has 0 aliphatic heterocycles. The molecule has 0 saturated heterocycles. The van der Waals surface area contributed by atoms with Gasteiger partial charge in [-0.25, -0.2) is 8.42 Å². The Kier molecular flexibility index (Phi) is 5.71. The molecule has 32 heavy (non-hydrogen) atoms. The van der Waals surface area contributed by atoms with Crippen molar-refractivity contribution in [3.63, 3.8) is 0 Å². The van der Waals surface area contributed by atoms with E-state index in [1.807, 2.05) is 54.1 Å². The van der Waals surface area contributed by atoms with Crippen LogP contribution in [0.2, 0.25) is 0 Å². The van der Waals surface area contributed by atoms with Crippen molar-refractivity contribution in [3.05, 3.63) is 94.5 Å². The molecular weight excluding hydrogens is 426 g/mol. The van der Waals surface area contributed by atoms with E-state index in [2.05, 4.69) is 5.32 Å². The highest BCUT2D eigenvalue weighted by Gasteiger charge is 2.12. The fraction of sp³-hybridized carbons (Fsp3) is 0.167. The maximum atomic E-state index is 13.1. The lowest BCUT2D eigenvalue weighted by Gasteiger charge is -2.11. The zero-order chi connectivity index (χ0) is 22.9. The molecule has 0 fully saturated rings. The van der Waals surface area contributed by atoms with E-state index in [0.717, 1.165) is 22.8 Å². The number of benzene rings is 2. The first-order valence-electron chi connectivity index (χ1n) is 10.0. The minimum absolute atomic E-state index is 0.155. The summed E-state index contributed by atoms with van der Waals surface area (Å²) in [6.45, 7) is 2.44. The van der Waals surface area contributed by atoms with Gasteiger partial charge < -0.3 is 14.5 Å². The van der Waals surface area contributed by atoms with E-state index in [1.165, 1.54) is 28.8 Å². The van der Waals surface area contributed by atoms with E-state index in [0.29, 0.717) is 17.7 Å². The third-order valence-corrected chi connectivity index (χ3v) is 6.50. The molecule has 1 amide bonds. The van der Waals surface area contributed by atoms with Gasteiger partial charge in [0.25, 0.3) is 5.56 Å². The van der Waals surface area contributed by atoms with Crippen LogP contribution in [0, 0.1) is 6.92 Å². The number of anilines is 1. The van der Waals surface area contributed by atoms with Gasteiger partial charge in [0.15, 0.2) is 9.84 Å². The number of rotatable bonds is 6. The highest BCUT2D eigenvalue weighted by atomic mass is 32.2. The summed E-state index contributed by atoms with van der Waals surface area (Å²) >= 11 is 0. The smallest absolute Gasteiger partial charge is 0.275 e.